The van der Waals surface area contributed by atoms with Crippen molar-refractivity contribution >= 4 is 52.7 Å². The number of aromatic nitrogens is 3. The summed E-state index contributed by atoms with van der Waals surface area (Å²) in [5, 5.41) is 20.1. The third-order valence-electron chi connectivity index (χ3n) is 14.2. The van der Waals surface area contributed by atoms with Gasteiger partial charge in [0.2, 0.25) is 29.5 Å². The van der Waals surface area contributed by atoms with Gasteiger partial charge >= 0.3 is 0 Å². The Bertz CT molecular complexity index is 2770. The number of benzene rings is 3. The molecule has 1 saturated heterocycles. The SMILES string of the molecule is COC[C@@H]1NC(=O)[C@H](C)N(Cc2ccc(Cl)cc2Oc2ccc(-c3cnc(CN(C)C)n3C)cc2)C(=O)C[C@@H](Cc2cccc[n+]2[O-])C(=O)N(C)[C@H]2CCCC[C@@H]2NC(=O)C[C@H](Cc2ccc(Cl)cc2)N(C)C1=O. The number of likely N-dealkylation sites (N-methyl/N-ethyl adjacent to an activating group) is 2. The number of fused-ring (bicyclic) bond motifs is 1. The van der Waals surface area contributed by atoms with Gasteiger partial charge in [-0.05, 0) is 94.4 Å². The van der Waals surface area contributed by atoms with Crippen molar-refractivity contribution in [1.29, 1.82) is 0 Å². The molecule has 1 aliphatic carbocycles. The van der Waals surface area contributed by atoms with Gasteiger partial charge in [0.1, 0.15) is 29.4 Å². The predicted octanol–water partition coefficient (Wildman–Crippen LogP) is 6.34. The van der Waals surface area contributed by atoms with E-state index in [2.05, 4.69) is 15.6 Å². The Morgan fingerprint density at radius 2 is 1.55 bits per heavy atom. The van der Waals surface area contributed by atoms with Crippen LogP contribution < -0.4 is 20.1 Å². The predicted molar refractivity (Wildman–Crippen MR) is 282 cm³/mol. The summed E-state index contributed by atoms with van der Waals surface area (Å²) in [6.07, 6.45) is 5.66. The van der Waals surface area contributed by atoms with Crippen molar-refractivity contribution in [2.24, 2.45) is 13.0 Å². The largest absolute Gasteiger partial charge is 0.619 e. The highest BCUT2D eigenvalue weighted by molar-refractivity contribution is 6.31. The second-order valence-electron chi connectivity index (χ2n) is 19.7. The molecule has 5 amide bonds. The van der Waals surface area contributed by atoms with Crippen molar-refractivity contribution in [2.45, 2.75) is 102 Å². The van der Waals surface area contributed by atoms with E-state index in [-0.39, 0.29) is 44.0 Å². The molecule has 0 spiro atoms. The molecule has 3 aromatic carbocycles. The zero-order valence-corrected chi connectivity index (χ0v) is 44.6. The number of carbonyl (C=O) groups is 5. The first-order valence-electron chi connectivity index (χ1n) is 25.0. The van der Waals surface area contributed by atoms with Gasteiger partial charge in [-0.25, -0.2) is 4.98 Å². The van der Waals surface area contributed by atoms with Crippen molar-refractivity contribution in [2.75, 3.05) is 41.9 Å². The highest BCUT2D eigenvalue weighted by Crippen LogP contribution is 2.33. The minimum absolute atomic E-state index is 0.0872. The Balaban J connectivity index is 1.26. The van der Waals surface area contributed by atoms with E-state index in [1.807, 2.05) is 73.2 Å². The summed E-state index contributed by atoms with van der Waals surface area (Å²) in [7, 11) is 10.6. The second kappa shape index (κ2) is 25.1. The van der Waals surface area contributed by atoms with Gasteiger partial charge in [0, 0.05) is 92.9 Å². The number of amides is 5. The monoisotopic (exact) mass is 1050 g/mol. The second-order valence-corrected chi connectivity index (χ2v) is 20.6. The van der Waals surface area contributed by atoms with Crippen molar-refractivity contribution < 1.29 is 38.2 Å². The third kappa shape index (κ3) is 13.8. The van der Waals surface area contributed by atoms with Crippen molar-refractivity contribution in [3.05, 3.63) is 135 Å². The van der Waals surface area contributed by atoms with Gasteiger partial charge in [-0.3, -0.25) is 24.0 Å². The molecular formula is C55H67Cl2N9O8. The fraction of sp³-hybridized carbons (Fsp3) is 0.436. The van der Waals surface area contributed by atoms with E-state index < -0.39 is 66.2 Å². The maximum absolute atomic E-state index is 15.2. The fourth-order valence-corrected chi connectivity index (χ4v) is 10.2. The van der Waals surface area contributed by atoms with Crippen LogP contribution in [0.25, 0.3) is 11.3 Å². The Hall–Kier alpha value is -6.53. The molecule has 5 aromatic rings. The molecule has 3 heterocycles. The Morgan fingerprint density at radius 3 is 2.26 bits per heavy atom. The Kier molecular flexibility index (Phi) is 18.8. The summed E-state index contributed by atoms with van der Waals surface area (Å²) >= 11 is 12.8. The van der Waals surface area contributed by atoms with Gasteiger partial charge in [0.15, 0.2) is 11.9 Å². The maximum atomic E-state index is 15.2. The molecular weight excluding hydrogens is 986 g/mol. The molecule has 19 heteroatoms. The molecule has 17 nitrogen and oxygen atoms in total. The minimum atomic E-state index is -1.24. The molecule has 1 saturated carbocycles. The quantitative estimate of drug-likeness (QED) is 0.0997. The maximum Gasteiger partial charge on any atom is 0.247 e. The molecule has 0 unspecified atom stereocenters. The summed E-state index contributed by atoms with van der Waals surface area (Å²) in [5.41, 5.74) is 3.43. The molecule has 74 heavy (non-hydrogen) atoms. The van der Waals surface area contributed by atoms with E-state index >= 15 is 9.59 Å². The minimum Gasteiger partial charge on any atom is -0.619 e. The number of methoxy groups -OCH3 is 1. The number of ether oxygens (including phenoxy) is 2. The number of hydrogen-bond donors (Lipinski definition) is 2. The van der Waals surface area contributed by atoms with Crippen molar-refractivity contribution in [1.82, 2.24) is 39.8 Å². The molecule has 2 aromatic heterocycles. The molecule has 2 fully saturated rings. The first-order valence-corrected chi connectivity index (χ1v) is 25.7. The van der Waals surface area contributed by atoms with Crippen LogP contribution in [0.15, 0.2) is 97.3 Å². The summed E-state index contributed by atoms with van der Waals surface area (Å²) in [5.74, 6) is -1.84. The highest BCUT2D eigenvalue weighted by Gasteiger charge is 2.40. The topological polar surface area (TPSA) is 186 Å². The lowest BCUT2D eigenvalue weighted by atomic mass is 9.87. The van der Waals surface area contributed by atoms with Crippen LogP contribution in [0, 0.1) is 11.1 Å². The number of hydrogen-bond acceptors (Lipinski definition) is 10. The number of carbonyl (C=O) groups excluding carboxylic acids is 5. The average molecular weight is 1050 g/mol. The van der Waals surface area contributed by atoms with Crippen LogP contribution in [0.4, 0.5) is 0 Å². The molecule has 0 radical (unpaired) electrons. The van der Waals surface area contributed by atoms with E-state index in [0.29, 0.717) is 51.2 Å². The normalized spacial score (nSPS) is 21.8. The summed E-state index contributed by atoms with van der Waals surface area (Å²) in [6.45, 7) is 1.81. The number of rotatable bonds is 13. The molecule has 394 valence electrons. The zero-order valence-electron chi connectivity index (χ0n) is 43.1. The van der Waals surface area contributed by atoms with Crippen LogP contribution in [-0.2, 0) is 61.7 Å². The van der Waals surface area contributed by atoms with Gasteiger partial charge in [-0.2, -0.15) is 4.73 Å². The lowest BCUT2D eigenvalue weighted by Crippen LogP contribution is -2.58. The first-order chi connectivity index (χ1) is 35.4. The van der Waals surface area contributed by atoms with Crippen LogP contribution in [-0.4, -0.2) is 131 Å². The van der Waals surface area contributed by atoms with Gasteiger partial charge in [-0.15, -0.1) is 0 Å². The molecule has 6 atom stereocenters. The number of pyridine rings is 1. The Labute approximate surface area is 443 Å². The van der Waals surface area contributed by atoms with Crippen LogP contribution in [0.2, 0.25) is 10.0 Å². The zero-order chi connectivity index (χ0) is 53.2. The van der Waals surface area contributed by atoms with E-state index in [1.165, 1.54) is 23.1 Å². The molecule has 1 aliphatic heterocycles. The third-order valence-corrected chi connectivity index (χ3v) is 14.6. The Morgan fingerprint density at radius 1 is 0.838 bits per heavy atom. The van der Waals surface area contributed by atoms with Crippen LogP contribution in [0.1, 0.15) is 68.1 Å². The van der Waals surface area contributed by atoms with Crippen LogP contribution in [0.3, 0.4) is 0 Å². The average Bonchev–Trinajstić information content (AvgIpc) is 3.73. The highest BCUT2D eigenvalue weighted by atomic mass is 35.5. The van der Waals surface area contributed by atoms with E-state index in [1.54, 1.807) is 74.4 Å². The number of nitrogens with zero attached hydrogens (tertiary/aromatic N) is 7. The summed E-state index contributed by atoms with van der Waals surface area (Å²) in [4.78, 5) is 84.9. The number of imidazole rings is 1. The molecule has 0 bridgehead atoms. The lowest BCUT2D eigenvalue weighted by Gasteiger charge is -2.40. The van der Waals surface area contributed by atoms with Gasteiger partial charge < -0.3 is 49.5 Å². The van der Waals surface area contributed by atoms with Crippen molar-refractivity contribution in [3.8, 4) is 22.8 Å². The van der Waals surface area contributed by atoms with E-state index in [9.17, 15) is 19.6 Å². The van der Waals surface area contributed by atoms with Crippen LogP contribution >= 0.6 is 23.2 Å². The fourth-order valence-electron chi connectivity index (χ4n) is 9.91. The molecule has 7 rings (SSSR count). The molecule has 2 N–H and O–H groups in total. The lowest BCUT2D eigenvalue weighted by molar-refractivity contribution is -0.614. The summed E-state index contributed by atoms with van der Waals surface area (Å²) in [6, 6.07) is 20.5. The van der Waals surface area contributed by atoms with Crippen LogP contribution in [0.5, 0.6) is 11.5 Å². The van der Waals surface area contributed by atoms with E-state index in [0.717, 1.165) is 35.5 Å². The standard InChI is InChI=1S/C55H67Cl2N9O8/c1-35-53(69)60-46(34-73-7)55(71)62(4)43(26-36-15-20-40(56)21-16-36)30-51(67)59-45-13-8-9-14-47(45)64(6)54(70)39(27-42-12-10-11-25-66(42)72)28-52(68)65(35)32-38-17-22-41(57)29-49(38)74-44-23-18-37(19-24-44)48-31-58-50(63(48)5)33-61(2)3/h10-12,15-25,29,31,35,39,43,45-47H,8-9,13-14,26-28,30,32-34H2,1-7H3,(H,59,67)(H,60,69)/t35-,39+,43-,45-,46-,47-/m0/s1. The summed E-state index contributed by atoms with van der Waals surface area (Å²) < 4.78 is 14.7. The van der Waals surface area contributed by atoms with Crippen molar-refractivity contribution in [3.63, 3.8) is 0 Å². The van der Waals surface area contributed by atoms with Gasteiger partial charge in [0.05, 0.1) is 43.5 Å². The van der Waals surface area contributed by atoms with E-state index in [4.69, 9.17) is 32.7 Å². The number of nitrogens with one attached hydrogen (secondary N) is 2. The number of halogens is 2. The van der Waals surface area contributed by atoms with Gasteiger partial charge in [-0.1, -0.05) is 60.3 Å². The molecule has 2 aliphatic rings. The van der Waals surface area contributed by atoms with Gasteiger partial charge in [0.25, 0.3) is 0 Å². The smallest absolute Gasteiger partial charge is 0.247 e. The first kappa shape index (κ1) is 55.2.